The Morgan fingerprint density at radius 1 is 1.29 bits per heavy atom. The zero-order valence-electron chi connectivity index (χ0n) is 9.33. The first kappa shape index (κ1) is 11.1. The van der Waals surface area contributed by atoms with Gasteiger partial charge < -0.3 is 10.8 Å². The van der Waals surface area contributed by atoms with E-state index < -0.39 is 0 Å². The van der Waals surface area contributed by atoms with Crippen LogP contribution in [0.1, 0.15) is 44.9 Å². The summed E-state index contributed by atoms with van der Waals surface area (Å²) in [5.41, 5.74) is 7.49. The van der Waals surface area contributed by atoms with Crippen LogP contribution in [0, 0.1) is 0 Å². The van der Waals surface area contributed by atoms with Gasteiger partial charge in [0.25, 0.3) is 0 Å². The fourth-order valence-corrected chi connectivity index (χ4v) is 1.53. The molecule has 2 nitrogen and oxygen atoms in total. The Balaban J connectivity index is 3.28. The second kappa shape index (κ2) is 3.62. The van der Waals surface area contributed by atoms with Gasteiger partial charge in [0.2, 0.25) is 0 Å². The molecule has 0 aliphatic heterocycles. The summed E-state index contributed by atoms with van der Waals surface area (Å²) in [5, 5.41) is 10.0. The van der Waals surface area contributed by atoms with E-state index in [2.05, 4.69) is 20.8 Å². The number of benzene rings is 1. The highest BCUT2D eigenvalue weighted by atomic mass is 16.3. The lowest BCUT2D eigenvalue weighted by Crippen LogP contribution is -2.14. The Morgan fingerprint density at radius 3 is 2.29 bits per heavy atom. The van der Waals surface area contributed by atoms with Gasteiger partial charge in [0.15, 0.2) is 0 Å². The van der Waals surface area contributed by atoms with E-state index in [4.69, 9.17) is 5.73 Å². The van der Waals surface area contributed by atoms with Gasteiger partial charge in [-0.25, -0.2) is 0 Å². The number of rotatable bonds is 1. The molecule has 0 bridgehead atoms. The molecule has 0 saturated carbocycles. The molecule has 0 radical (unpaired) electrons. The maximum Gasteiger partial charge on any atom is 0.124 e. The fraction of sp³-hybridized carbons (Fsp3) is 0.500. The van der Waals surface area contributed by atoms with E-state index in [0.29, 0.717) is 5.75 Å². The highest BCUT2D eigenvalue weighted by molar-refractivity contribution is 5.45. The van der Waals surface area contributed by atoms with Gasteiger partial charge in [0.05, 0.1) is 0 Å². The molecular formula is C12H19NO. The van der Waals surface area contributed by atoms with E-state index in [0.717, 1.165) is 11.1 Å². The number of aromatic hydroxyl groups is 1. The van der Waals surface area contributed by atoms with Crippen molar-refractivity contribution in [3.05, 3.63) is 29.3 Å². The van der Waals surface area contributed by atoms with Crippen LogP contribution >= 0.6 is 0 Å². The highest BCUT2D eigenvalue weighted by Gasteiger charge is 2.20. The SMILES string of the molecule is C[C@@H](N)c1cccc(C(C)(C)C)c1O. The molecule has 0 fully saturated rings. The normalized spacial score (nSPS) is 14.1. The second-order valence-electron chi connectivity index (χ2n) is 4.78. The van der Waals surface area contributed by atoms with Crippen LogP contribution < -0.4 is 5.73 Å². The molecule has 0 spiro atoms. The van der Waals surface area contributed by atoms with Crippen molar-refractivity contribution in [3.63, 3.8) is 0 Å². The molecule has 0 heterocycles. The van der Waals surface area contributed by atoms with Crippen LogP contribution in [0.25, 0.3) is 0 Å². The van der Waals surface area contributed by atoms with Crippen LogP contribution in [-0.2, 0) is 5.41 Å². The molecule has 1 atom stereocenters. The van der Waals surface area contributed by atoms with Crippen molar-refractivity contribution in [2.75, 3.05) is 0 Å². The Bertz CT molecular complexity index is 324. The molecule has 0 unspecified atom stereocenters. The number of phenolic OH excluding ortho intramolecular Hbond substituents is 1. The lowest BCUT2D eigenvalue weighted by molar-refractivity contribution is 0.436. The predicted octanol–water partition coefficient (Wildman–Crippen LogP) is 2.71. The van der Waals surface area contributed by atoms with Crippen molar-refractivity contribution in [2.24, 2.45) is 5.73 Å². The first-order valence-electron chi connectivity index (χ1n) is 4.92. The van der Waals surface area contributed by atoms with Gasteiger partial charge in [-0.1, -0.05) is 39.0 Å². The minimum Gasteiger partial charge on any atom is -0.507 e. The van der Waals surface area contributed by atoms with Crippen LogP contribution in [0.4, 0.5) is 0 Å². The quantitative estimate of drug-likeness (QED) is 0.720. The first-order chi connectivity index (χ1) is 6.34. The third kappa shape index (κ3) is 2.07. The maximum absolute atomic E-state index is 10.0. The van der Waals surface area contributed by atoms with Crippen molar-refractivity contribution < 1.29 is 5.11 Å². The van der Waals surface area contributed by atoms with Gasteiger partial charge in [-0.2, -0.15) is 0 Å². The molecule has 1 aromatic carbocycles. The van der Waals surface area contributed by atoms with E-state index in [1.54, 1.807) is 0 Å². The zero-order chi connectivity index (χ0) is 10.9. The van der Waals surface area contributed by atoms with E-state index in [-0.39, 0.29) is 11.5 Å². The molecule has 0 aliphatic carbocycles. The minimum absolute atomic E-state index is 0.0466. The summed E-state index contributed by atoms with van der Waals surface area (Å²) in [4.78, 5) is 0. The van der Waals surface area contributed by atoms with Gasteiger partial charge in [0, 0.05) is 11.6 Å². The predicted molar refractivity (Wildman–Crippen MR) is 59.4 cm³/mol. The second-order valence-corrected chi connectivity index (χ2v) is 4.78. The topological polar surface area (TPSA) is 46.2 Å². The summed E-state index contributed by atoms with van der Waals surface area (Å²) in [6.45, 7) is 8.11. The third-order valence-electron chi connectivity index (χ3n) is 2.37. The van der Waals surface area contributed by atoms with Crippen LogP contribution in [0.15, 0.2) is 18.2 Å². The zero-order valence-corrected chi connectivity index (χ0v) is 9.33. The molecule has 1 rings (SSSR count). The van der Waals surface area contributed by atoms with Crippen molar-refractivity contribution in [1.82, 2.24) is 0 Å². The molecule has 0 amide bonds. The number of phenols is 1. The lowest BCUT2D eigenvalue weighted by atomic mass is 9.84. The van der Waals surface area contributed by atoms with Gasteiger partial charge in [-0.15, -0.1) is 0 Å². The van der Waals surface area contributed by atoms with Crippen molar-refractivity contribution in [2.45, 2.75) is 39.2 Å². The number of hydrogen-bond acceptors (Lipinski definition) is 2. The minimum atomic E-state index is -0.128. The Morgan fingerprint density at radius 2 is 1.86 bits per heavy atom. The molecule has 0 aliphatic rings. The molecule has 78 valence electrons. The third-order valence-corrected chi connectivity index (χ3v) is 2.37. The average Bonchev–Trinajstić information content (AvgIpc) is 2.01. The summed E-state index contributed by atoms with van der Waals surface area (Å²) in [7, 11) is 0. The summed E-state index contributed by atoms with van der Waals surface area (Å²) in [6, 6.07) is 5.63. The van der Waals surface area contributed by atoms with Crippen molar-refractivity contribution >= 4 is 0 Å². The standard InChI is InChI=1S/C12H19NO/c1-8(13)9-6-5-7-10(11(9)14)12(2,3)4/h5-8,14H,13H2,1-4H3/t8-/m1/s1. The monoisotopic (exact) mass is 193 g/mol. The molecule has 3 N–H and O–H groups in total. The van der Waals surface area contributed by atoms with Crippen LogP contribution in [0.5, 0.6) is 5.75 Å². The highest BCUT2D eigenvalue weighted by Crippen LogP contribution is 2.34. The largest absolute Gasteiger partial charge is 0.507 e. The molecule has 1 aromatic rings. The van der Waals surface area contributed by atoms with E-state index in [1.807, 2.05) is 25.1 Å². The Labute approximate surface area is 85.8 Å². The fourth-order valence-electron chi connectivity index (χ4n) is 1.53. The van der Waals surface area contributed by atoms with Gasteiger partial charge in [0.1, 0.15) is 5.75 Å². The van der Waals surface area contributed by atoms with Gasteiger partial charge in [-0.05, 0) is 17.9 Å². The molecule has 0 aromatic heterocycles. The smallest absolute Gasteiger partial charge is 0.124 e. The van der Waals surface area contributed by atoms with E-state index in [1.165, 1.54) is 0 Å². The summed E-state index contributed by atoms with van der Waals surface area (Å²) >= 11 is 0. The summed E-state index contributed by atoms with van der Waals surface area (Å²) < 4.78 is 0. The number of nitrogens with two attached hydrogens (primary N) is 1. The van der Waals surface area contributed by atoms with E-state index in [9.17, 15) is 5.11 Å². The number of hydrogen-bond donors (Lipinski definition) is 2. The molecule has 0 saturated heterocycles. The molecule has 14 heavy (non-hydrogen) atoms. The first-order valence-corrected chi connectivity index (χ1v) is 4.92. The van der Waals surface area contributed by atoms with Crippen LogP contribution in [0.3, 0.4) is 0 Å². The van der Waals surface area contributed by atoms with E-state index >= 15 is 0 Å². The Hall–Kier alpha value is -1.02. The average molecular weight is 193 g/mol. The number of para-hydroxylation sites is 1. The van der Waals surface area contributed by atoms with Crippen molar-refractivity contribution in [1.29, 1.82) is 0 Å². The maximum atomic E-state index is 10.0. The summed E-state index contributed by atoms with van der Waals surface area (Å²) in [6.07, 6.45) is 0. The van der Waals surface area contributed by atoms with Gasteiger partial charge in [-0.3, -0.25) is 0 Å². The lowest BCUT2D eigenvalue weighted by Gasteiger charge is -2.22. The van der Waals surface area contributed by atoms with Gasteiger partial charge >= 0.3 is 0 Å². The Kier molecular flexibility index (Phi) is 2.86. The molecular weight excluding hydrogens is 174 g/mol. The van der Waals surface area contributed by atoms with Crippen LogP contribution in [-0.4, -0.2) is 5.11 Å². The van der Waals surface area contributed by atoms with Crippen molar-refractivity contribution in [3.8, 4) is 5.75 Å². The molecule has 2 heteroatoms. The van der Waals surface area contributed by atoms with Crippen LogP contribution in [0.2, 0.25) is 0 Å². The summed E-state index contributed by atoms with van der Waals surface area (Å²) in [5.74, 6) is 0.343.